The number of carbonyl (C=O) groups is 1. The van der Waals surface area contributed by atoms with Gasteiger partial charge in [-0.05, 0) is 54.5 Å². The highest BCUT2D eigenvalue weighted by Crippen LogP contribution is 2.38. The molecule has 2 heterocycles. The van der Waals surface area contributed by atoms with E-state index in [1.165, 1.54) is 6.08 Å². The second-order valence-electron chi connectivity index (χ2n) is 10.3. The number of benzene rings is 3. The summed E-state index contributed by atoms with van der Waals surface area (Å²) in [6.07, 6.45) is 2.86. The van der Waals surface area contributed by atoms with Gasteiger partial charge in [0.1, 0.15) is 36.3 Å². The zero-order valence-corrected chi connectivity index (χ0v) is 25.5. The van der Waals surface area contributed by atoms with Gasteiger partial charge in [0.05, 0.1) is 31.7 Å². The van der Waals surface area contributed by atoms with Crippen molar-refractivity contribution in [2.24, 2.45) is 0 Å². The molecule has 0 spiro atoms. The Balaban J connectivity index is 1.27. The lowest BCUT2D eigenvalue weighted by molar-refractivity contribution is -0.111. The van der Waals surface area contributed by atoms with Crippen LogP contribution in [0.2, 0.25) is 0 Å². The third-order valence-electron chi connectivity index (χ3n) is 7.10. The monoisotopic (exact) mass is 610 g/mol. The van der Waals surface area contributed by atoms with Gasteiger partial charge < -0.3 is 34.9 Å². The van der Waals surface area contributed by atoms with Gasteiger partial charge in [-0.25, -0.2) is 4.98 Å². The van der Waals surface area contributed by atoms with Gasteiger partial charge in [-0.3, -0.25) is 9.69 Å². The number of anilines is 5. The maximum Gasteiger partial charge on any atom is 0.247 e. The van der Waals surface area contributed by atoms with Crippen molar-refractivity contribution in [1.82, 2.24) is 14.9 Å². The van der Waals surface area contributed by atoms with Crippen LogP contribution in [0.3, 0.4) is 0 Å². The number of methoxy groups -OCH3 is 1. The third-order valence-corrected chi connectivity index (χ3v) is 7.10. The average Bonchev–Trinajstić information content (AvgIpc) is 3.06. The number of morpholine rings is 1. The summed E-state index contributed by atoms with van der Waals surface area (Å²) in [5.41, 5.74) is 3.97. The minimum atomic E-state index is -0.363. The topological polar surface area (TPSA) is 119 Å². The van der Waals surface area contributed by atoms with Crippen LogP contribution in [-0.2, 0) is 16.1 Å². The molecule has 1 saturated heterocycles. The molecular weight excluding hydrogens is 572 g/mol. The minimum Gasteiger partial charge on any atom is -0.494 e. The zero-order chi connectivity index (χ0) is 31.4. The molecule has 0 unspecified atom stereocenters. The summed E-state index contributed by atoms with van der Waals surface area (Å²) in [7, 11) is 1.56. The summed E-state index contributed by atoms with van der Waals surface area (Å²) in [6.45, 7) is 10.4. The standard InChI is InChI=1S/C34H38N6O5/c1-4-33(41)37-28-21-27(30(42-3)22-31(28)44-19-16-40-14-17-43-18-15-40)38-34-35-13-12-32(39-34)36-26-10-11-29(24(2)20-26)45-23-25-8-6-5-7-9-25/h4-13,20-22H,1,14-19,23H2,2-3H3,(H,37,41)(H2,35,36,38,39). The lowest BCUT2D eigenvalue weighted by Crippen LogP contribution is -2.38. The Bertz CT molecular complexity index is 1590. The van der Waals surface area contributed by atoms with Crippen LogP contribution in [0.15, 0.2) is 85.6 Å². The number of ether oxygens (including phenoxy) is 4. The first-order valence-electron chi connectivity index (χ1n) is 14.7. The fourth-order valence-corrected chi connectivity index (χ4v) is 4.72. The van der Waals surface area contributed by atoms with Crippen LogP contribution in [0, 0.1) is 6.92 Å². The van der Waals surface area contributed by atoms with Crippen LogP contribution in [0.25, 0.3) is 0 Å². The minimum absolute atomic E-state index is 0.333. The zero-order valence-electron chi connectivity index (χ0n) is 25.5. The molecule has 11 nitrogen and oxygen atoms in total. The molecule has 234 valence electrons. The highest BCUT2D eigenvalue weighted by atomic mass is 16.5. The van der Waals surface area contributed by atoms with Gasteiger partial charge in [0.2, 0.25) is 11.9 Å². The van der Waals surface area contributed by atoms with Crippen LogP contribution < -0.4 is 30.2 Å². The fraction of sp³-hybridized carbons (Fsp3) is 0.265. The predicted molar refractivity (Wildman–Crippen MR) is 175 cm³/mol. The van der Waals surface area contributed by atoms with Crippen molar-refractivity contribution in [3.05, 3.63) is 96.7 Å². The number of aryl methyl sites for hydroxylation is 1. The Morgan fingerprint density at radius 1 is 0.978 bits per heavy atom. The number of hydrogen-bond donors (Lipinski definition) is 3. The highest BCUT2D eigenvalue weighted by Gasteiger charge is 2.16. The maximum absolute atomic E-state index is 12.2. The van der Waals surface area contributed by atoms with Crippen molar-refractivity contribution in [2.45, 2.75) is 13.5 Å². The van der Waals surface area contributed by atoms with Crippen molar-refractivity contribution in [1.29, 1.82) is 0 Å². The van der Waals surface area contributed by atoms with E-state index in [9.17, 15) is 4.79 Å². The second-order valence-corrected chi connectivity index (χ2v) is 10.3. The van der Waals surface area contributed by atoms with Crippen molar-refractivity contribution >= 4 is 34.7 Å². The largest absolute Gasteiger partial charge is 0.494 e. The number of nitrogens with one attached hydrogen (secondary N) is 3. The van der Waals surface area contributed by atoms with E-state index in [0.29, 0.717) is 61.1 Å². The van der Waals surface area contributed by atoms with Gasteiger partial charge >= 0.3 is 0 Å². The van der Waals surface area contributed by atoms with E-state index >= 15 is 0 Å². The molecule has 45 heavy (non-hydrogen) atoms. The average molecular weight is 611 g/mol. The molecule has 1 fully saturated rings. The summed E-state index contributed by atoms with van der Waals surface area (Å²) >= 11 is 0. The van der Waals surface area contributed by atoms with Gasteiger partial charge in [-0.2, -0.15) is 4.98 Å². The number of hydrogen-bond acceptors (Lipinski definition) is 10. The SMILES string of the molecule is C=CC(=O)Nc1cc(Nc2nccc(Nc3ccc(OCc4ccccc4)c(C)c3)n2)c(OC)cc1OCCN1CCOCC1. The lowest BCUT2D eigenvalue weighted by atomic mass is 10.2. The Hall–Kier alpha value is -5.13. The maximum atomic E-state index is 12.2. The summed E-state index contributed by atoms with van der Waals surface area (Å²) in [5, 5.41) is 9.36. The fourth-order valence-electron chi connectivity index (χ4n) is 4.72. The molecule has 0 saturated carbocycles. The van der Waals surface area contributed by atoms with Crippen LogP contribution in [0.1, 0.15) is 11.1 Å². The van der Waals surface area contributed by atoms with E-state index in [-0.39, 0.29) is 5.91 Å². The Kier molecular flexibility index (Phi) is 10.8. The Labute approximate surface area is 263 Å². The van der Waals surface area contributed by atoms with E-state index in [0.717, 1.165) is 42.2 Å². The number of rotatable bonds is 14. The molecule has 0 radical (unpaired) electrons. The third kappa shape index (κ3) is 8.94. The van der Waals surface area contributed by atoms with E-state index in [4.69, 9.17) is 18.9 Å². The van der Waals surface area contributed by atoms with E-state index in [2.05, 4.69) is 37.4 Å². The number of aromatic nitrogens is 2. The molecular formula is C34H38N6O5. The van der Waals surface area contributed by atoms with Crippen molar-refractivity contribution in [3.63, 3.8) is 0 Å². The molecule has 1 aliphatic heterocycles. The van der Waals surface area contributed by atoms with Gasteiger partial charge in [0.15, 0.2) is 0 Å². The molecule has 1 amide bonds. The lowest BCUT2D eigenvalue weighted by Gasteiger charge is -2.26. The molecule has 0 atom stereocenters. The molecule has 1 aromatic heterocycles. The van der Waals surface area contributed by atoms with Crippen LogP contribution in [0.4, 0.5) is 28.8 Å². The van der Waals surface area contributed by atoms with Crippen molar-refractivity contribution in [2.75, 3.05) is 62.5 Å². The van der Waals surface area contributed by atoms with Crippen LogP contribution >= 0.6 is 0 Å². The van der Waals surface area contributed by atoms with E-state index < -0.39 is 0 Å². The summed E-state index contributed by atoms with van der Waals surface area (Å²) in [6, 6.07) is 21.2. The number of nitrogens with zero attached hydrogens (tertiary/aromatic N) is 3. The number of carbonyl (C=O) groups excluding carboxylic acids is 1. The van der Waals surface area contributed by atoms with Gasteiger partial charge in [0, 0.05) is 37.6 Å². The van der Waals surface area contributed by atoms with Gasteiger partial charge in [0.25, 0.3) is 0 Å². The second kappa shape index (κ2) is 15.6. The van der Waals surface area contributed by atoms with Crippen molar-refractivity contribution < 1.29 is 23.7 Å². The van der Waals surface area contributed by atoms with Gasteiger partial charge in [-0.15, -0.1) is 0 Å². The normalized spacial score (nSPS) is 13.0. The quantitative estimate of drug-likeness (QED) is 0.154. The van der Waals surface area contributed by atoms with E-state index in [1.807, 2.05) is 55.5 Å². The first-order valence-corrected chi connectivity index (χ1v) is 14.7. The molecule has 0 aliphatic carbocycles. The first-order chi connectivity index (χ1) is 22.0. The Morgan fingerprint density at radius 3 is 2.56 bits per heavy atom. The molecule has 3 aromatic carbocycles. The molecule has 0 bridgehead atoms. The van der Waals surface area contributed by atoms with Crippen LogP contribution in [-0.4, -0.2) is 67.3 Å². The van der Waals surface area contributed by atoms with Crippen molar-refractivity contribution in [3.8, 4) is 17.2 Å². The van der Waals surface area contributed by atoms with E-state index in [1.54, 1.807) is 31.5 Å². The summed E-state index contributed by atoms with van der Waals surface area (Å²) in [4.78, 5) is 23.5. The Morgan fingerprint density at radius 2 is 1.80 bits per heavy atom. The molecule has 11 heteroatoms. The summed E-state index contributed by atoms with van der Waals surface area (Å²) < 4.78 is 23.2. The molecule has 1 aliphatic rings. The van der Waals surface area contributed by atoms with Crippen LogP contribution in [0.5, 0.6) is 17.2 Å². The molecule has 4 aromatic rings. The summed E-state index contributed by atoms with van der Waals surface area (Å²) in [5.74, 6) is 2.35. The number of amides is 1. The smallest absolute Gasteiger partial charge is 0.247 e. The van der Waals surface area contributed by atoms with Gasteiger partial charge in [-0.1, -0.05) is 36.9 Å². The molecule has 3 N–H and O–H groups in total. The highest BCUT2D eigenvalue weighted by molar-refractivity contribution is 6.00. The molecule has 5 rings (SSSR count). The predicted octanol–water partition coefficient (Wildman–Crippen LogP) is 5.70. The first kappa shape index (κ1) is 31.3.